The SMILES string of the molecule is CCCOC(=O)c1cc(Br)ccc1NC(=O)CCN1C(=O)COc2ccccc21. The number of anilines is 2. The Kier molecular flexibility index (Phi) is 6.87. The molecule has 8 heteroatoms. The van der Waals surface area contributed by atoms with Gasteiger partial charge in [0.2, 0.25) is 5.91 Å². The highest BCUT2D eigenvalue weighted by atomic mass is 79.9. The van der Waals surface area contributed by atoms with Crippen LogP contribution < -0.4 is 15.0 Å². The van der Waals surface area contributed by atoms with E-state index in [-0.39, 0.29) is 37.0 Å². The smallest absolute Gasteiger partial charge is 0.340 e. The quantitative estimate of drug-likeness (QED) is 0.635. The molecular weight excluding hydrogens is 440 g/mol. The number of halogens is 1. The molecule has 0 saturated heterocycles. The number of nitrogens with one attached hydrogen (secondary N) is 1. The Morgan fingerprint density at radius 3 is 2.83 bits per heavy atom. The molecule has 1 aliphatic heterocycles. The second-order valence-corrected chi connectivity index (χ2v) is 7.34. The number of hydrogen-bond acceptors (Lipinski definition) is 5. The van der Waals surface area contributed by atoms with Crippen LogP contribution in [0.15, 0.2) is 46.9 Å². The second kappa shape index (κ2) is 9.56. The first-order chi connectivity index (χ1) is 14.0. The normalized spacial score (nSPS) is 12.8. The number of carbonyl (C=O) groups excluding carboxylic acids is 3. The minimum absolute atomic E-state index is 0.0568. The van der Waals surface area contributed by atoms with Crippen LogP contribution in [0.1, 0.15) is 30.1 Å². The van der Waals surface area contributed by atoms with Crippen LogP contribution in [0.3, 0.4) is 0 Å². The molecule has 0 fully saturated rings. The summed E-state index contributed by atoms with van der Waals surface area (Å²) in [6.07, 6.45) is 0.774. The Labute approximate surface area is 177 Å². The Morgan fingerprint density at radius 1 is 1.24 bits per heavy atom. The van der Waals surface area contributed by atoms with Crippen LogP contribution in [0, 0.1) is 0 Å². The van der Waals surface area contributed by atoms with Gasteiger partial charge in [-0.15, -0.1) is 0 Å². The van der Waals surface area contributed by atoms with Crippen molar-refractivity contribution in [1.29, 1.82) is 0 Å². The molecule has 0 spiro atoms. The molecule has 1 aliphatic rings. The number of carbonyl (C=O) groups is 3. The summed E-state index contributed by atoms with van der Waals surface area (Å²) < 4.78 is 11.3. The molecule has 0 atom stereocenters. The maximum absolute atomic E-state index is 12.5. The number of benzene rings is 2. The fourth-order valence-electron chi connectivity index (χ4n) is 2.89. The Balaban J connectivity index is 1.67. The van der Waals surface area contributed by atoms with Crippen LogP contribution in [-0.2, 0) is 14.3 Å². The highest BCUT2D eigenvalue weighted by Gasteiger charge is 2.25. The average molecular weight is 461 g/mol. The number of rotatable bonds is 7. The summed E-state index contributed by atoms with van der Waals surface area (Å²) in [5, 5.41) is 2.74. The van der Waals surface area contributed by atoms with Gasteiger partial charge in [-0.2, -0.15) is 0 Å². The molecule has 29 heavy (non-hydrogen) atoms. The van der Waals surface area contributed by atoms with E-state index >= 15 is 0 Å². The van der Waals surface area contributed by atoms with Gasteiger partial charge in [0.25, 0.3) is 5.91 Å². The van der Waals surface area contributed by atoms with Gasteiger partial charge in [-0.3, -0.25) is 9.59 Å². The number of amides is 2. The van der Waals surface area contributed by atoms with E-state index < -0.39 is 5.97 Å². The molecule has 0 bridgehead atoms. The first kappa shape index (κ1) is 20.9. The Hall–Kier alpha value is -2.87. The highest BCUT2D eigenvalue weighted by molar-refractivity contribution is 9.10. The molecule has 1 heterocycles. The lowest BCUT2D eigenvalue weighted by Gasteiger charge is -2.29. The Bertz CT molecular complexity index is 931. The predicted octanol–water partition coefficient (Wildman–Crippen LogP) is 3.77. The summed E-state index contributed by atoms with van der Waals surface area (Å²) in [4.78, 5) is 38.5. The number of esters is 1. The van der Waals surface area contributed by atoms with Gasteiger partial charge in [-0.05, 0) is 36.8 Å². The van der Waals surface area contributed by atoms with Crippen LogP contribution in [0.4, 0.5) is 11.4 Å². The maximum Gasteiger partial charge on any atom is 0.340 e. The third-order valence-corrected chi connectivity index (χ3v) is 4.78. The zero-order chi connectivity index (χ0) is 20.8. The van der Waals surface area contributed by atoms with Crippen LogP contribution in [0.2, 0.25) is 0 Å². The first-order valence-electron chi connectivity index (χ1n) is 9.28. The van der Waals surface area contributed by atoms with E-state index in [1.54, 1.807) is 30.3 Å². The molecule has 152 valence electrons. The lowest BCUT2D eigenvalue weighted by atomic mass is 10.1. The van der Waals surface area contributed by atoms with Gasteiger partial charge in [0.15, 0.2) is 6.61 Å². The summed E-state index contributed by atoms with van der Waals surface area (Å²) in [6.45, 7) is 2.36. The van der Waals surface area contributed by atoms with Gasteiger partial charge in [-0.1, -0.05) is 35.0 Å². The molecule has 2 amide bonds. The lowest BCUT2D eigenvalue weighted by Crippen LogP contribution is -2.40. The Morgan fingerprint density at radius 2 is 2.03 bits per heavy atom. The van der Waals surface area contributed by atoms with Gasteiger partial charge in [0.05, 0.1) is 23.5 Å². The summed E-state index contributed by atoms with van der Waals surface area (Å²) in [5.41, 5.74) is 1.28. The number of para-hydroxylation sites is 2. The molecule has 0 aromatic heterocycles. The van der Waals surface area contributed by atoms with E-state index in [9.17, 15) is 14.4 Å². The van der Waals surface area contributed by atoms with Crippen molar-refractivity contribution < 1.29 is 23.9 Å². The largest absolute Gasteiger partial charge is 0.482 e. The van der Waals surface area contributed by atoms with Crippen LogP contribution in [0.25, 0.3) is 0 Å². The monoisotopic (exact) mass is 460 g/mol. The minimum atomic E-state index is -0.499. The van der Waals surface area contributed by atoms with Crippen molar-refractivity contribution in [2.24, 2.45) is 0 Å². The van der Waals surface area contributed by atoms with Gasteiger partial charge < -0.3 is 19.7 Å². The molecule has 2 aromatic carbocycles. The van der Waals surface area contributed by atoms with Crippen molar-refractivity contribution in [3.63, 3.8) is 0 Å². The molecule has 0 saturated carbocycles. The third kappa shape index (κ3) is 5.14. The fraction of sp³-hybridized carbons (Fsp3) is 0.286. The molecule has 3 rings (SSSR count). The standard InChI is InChI=1S/C21H21BrN2O5/c1-2-11-28-21(27)15-12-14(22)7-8-16(15)23-19(25)9-10-24-17-5-3-4-6-18(17)29-13-20(24)26/h3-8,12H,2,9-11,13H2,1H3,(H,23,25). The van der Waals surface area contributed by atoms with Gasteiger partial charge in [0, 0.05) is 17.4 Å². The average Bonchev–Trinajstić information content (AvgIpc) is 2.72. The summed E-state index contributed by atoms with van der Waals surface area (Å²) >= 11 is 3.33. The number of ether oxygens (including phenoxy) is 2. The van der Waals surface area contributed by atoms with E-state index in [1.807, 2.05) is 19.1 Å². The van der Waals surface area contributed by atoms with Crippen molar-refractivity contribution >= 4 is 45.1 Å². The second-order valence-electron chi connectivity index (χ2n) is 6.43. The molecular formula is C21H21BrN2O5. The van der Waals surface area contributed by atoms with E-state index in [2.05, 4.69) is 21.2 Å². The van der Waals surface area contributed by atoms with Crippen molar-refractivity contribution in [1.82, 2.24) is 0 Å². The van der Waals surface area contributed by atoms with Gasteiger partial charge >= 0.3 is 5.97 Å². The molecule has 2 aromatic rings. The lowest BCUT2D eigenvalue weighted by molar-refractivity contribution is -0.121. The highest BCUT2D eigenvalue weighted by Crippen LogP contribution is 2.31. The van der Waals surface area contributed by atoms with E-state index in [1.165, 1.54) is 4.90 Å². The number of nitrogens with zero attached hydrogens (tertiary/aromatic N) is 1. The van der Waals surface area contributed by atoms with Gasteiger partial charge in [0.1, 0.15) is 5.75 Å². The van der Waals surface area contributed by atoms with Gasteiger partial charge in [-0.25, -0.2) is 4.79 Å². The zero-order valence-electron chi connectivity index (χ0n) is 15.9. The molecule has 7 nitrogen and oxygen atoms in total. The first-order valence-corrected chi connectivity index (χ1v) is 10.1. The molecule has 0 aliphatic carbocycles. The fourth-order valence-corrected chi connectivity index (χ4v) is 3.25. The van der Waals surface area contributed by atoms with Crippen LogP contribution in [0.5, 0.6) is 5.75 Å². The van der Waals surface area contributed by atoms with E-state index in [0.717, 1.165) is 0 Å². The van der Waals surface area contributed by atoms with Crippen molar-refractivity contribution in [3.8, 4) is 5.75 Å². The predicted molar refractivity (Wildman–Crippen MR) is 112 cm³/mol. The van der Waals surface area contributed by atoms with Crippen molar-refractivity contribution in [2.75, 3.05) is 30.0 Å². The summed E-state index contributed by atoms with van der Waals surface area (Å²) in [5.74, 6) is -0.403. The number of hydrogen-bond donors (Lipinski definition) is 1. The summed E-state index contributed by atoms with van der Waals surface area (Å²) in [6, 6.07) is 12.2. The maximum atomic E-state index is 12.5. The third-order valence-electron chi connectivity index (χ3n) is 4.28. The van der Waals surface area contributed by atoms with E-state index in [4.69, 9.17) is 9.47 Å². The molecule has 0 unspecified atom stereocenters. The van der Waals surface area contributed by atoms with Crippen molar-refractivity contribution in [2.45, 2.75) is 19.8 Å². The van der Waals surface area contributed by atoms with Crippen LogP contribution >= 0.6 is 15.9 Å². The topological polar surface area (TPSA) is 84.9 Å². The zero-order valence-corrected chi connectivity index (χ0v) is 17.5. The van der Waals surface area contributed by atoms with Crippen molar-refractivity contribution in [3.05, 3.63) is 52.5 Å². The summed E-state index contributed by atoms with van der Waals surface area (Å²) in [7, 11) is 0. The van der Waals surface area contributed by atoms with E-state index in [0.29, 0.717) is 34.6 Å². The molecule has 1 N–H and O–H groups in total. The van der Waals surface area contributed by atoms with Crippen LogP contribution in [-0.4, -0.2) is 37.5 Å². The minimum Gasteiger partial charge on any atom is -0.482 e. The molecule has 0 radical (unpaired) electrons. The number of fused-ring (bicyclic) bond motifs is 1.